The molecule has 9 heteroatoms. The van der Waals surface area contributed by atoms with Gasteiger partial charge in [-0.2, -0.15) is 0 Å². The Morgan fingerprint density at radius 2 is 1.82 bits per heavy atom. The van der Waals surface area contributed by atoms with Crippen molar-refractivity contribution in [3.63, 3.8) is 0 Å². The predicted molar refractivity (Wildman–Crippen MR) is 135 cm³/mol. The first-order chi connectivity index (χ1) is 16.5. The highest BCUT2D eigenvalue weighted by Crippen LogP contribution is 2.33. The van der Waals surface area contributed by atoms with Crippen molar-refractivity contribution in [2.24, 2.45) is 0 Å². The molecule has 0 atom stereocenters. The third kappa shape index (κ3) is 5.37. The van der Waals surface area contributed by atoms with Gasteiger partial charge in [0.05, 0.1) is 29.8 Å². The number of nitrogens with one attached hydrogen (secondary N) is 1. The molecule has 7 nitrogen and oxygen atoms in total. The molecule has 174 valence electrons. The number of benzene rings is 2. The van der Waals surface area contributed by atoms with Crippen LogP contribution in [-0.2, 0) is 11.3 Å². The number of hydrogen-bond donors (Lipinski definition) is 1. The zero-order chi connectivity index (χ0) is 24.1. The second-order valence-corrected chi connectivity index (χ2v) is 9.68. The summed E-state index contributed by atoms with van der Waals surface area (Å²) in [6, 6.07) is 19.4. The molecule has 2 aromatic carbocycles. The molecule has 0 unspecified atom stereocenters. The molecule has 0 saturated heterocycles. The highest BCUT2D eigenvalue weighted by Gasteiger charge is 2.20. The maximum atomic E-state index is 12.9. The van der Waals surface area contributed by atoms with E-state index in [0.29, 0.717) is 28.2 Å². The molecule has 4 rings (SSSR count). The predicted octanol–water partition coefficient (Wildman–Crippen LogP) is 4.92. The molecular formula is C25H24N4O3S2. The van der Waals surface area contributed by atoms with Crippen molar-refractivity contribution in [3.8, 4) is 22.8 Å². The van der Waals surface area contributed by atoms with Gasteiger partial charge >= 0.3 is 0 Å². The molecule has 0 spiro atoms. The topological polar surface area (TPSA) is 86.1 Å². The summed E-state index contributed by atoms with van der Waals surface area (Å²) in [5, 5.41) is 12.2. The minimum absolute atomic E-state index is 0.00127. The van der Waals surface area contributed by atoms with Gasteiger partial charge in [0.15, 0.2) is 16.8 Å². The molecule has 0 aliphatic carbocycles. The van der Waals surface area contributed by atoms with E-state index in [1.807, 2.05) is 66.1 Å². The van der Waals surface area contributed by atoms with Crippen LogP contribution in [0.4, 0.5) is 0 Å². The number of nitrogens with zero attached hydrogens (tertiary/aromatic N) is 3. The molecular weight excluding hydrogens is 468 g/mol. The number of ketones is 1. The van der Waals surface area contributed by atoms with Crippen molar-refractivity contribution in [1.29, 1.82) is 0 Å². The normalized spacial score (nSPS) is 10.8. The lowest BCUT2D eigenvalue weighted by Crippen LogP contribution is -2.18. The smallest absolute Gasteiger partial charge is 0.217 e. The fourth-order valence-corrected chi connectivity index (χ4v) is 5.14. The zero-order valence-corrected chi connectivity index (χ0v) is 20.7. The summed E-state index contributed by atoms with van der Waals surface area (Å²) in [6.07, 6.45) is 0. The summed E-state index contributed by atoms with van der Waals surface area (Å²) in [7, 11) is 1.63. The number of methoxy groups -OCH3 is 1. The Balaban J connectivity index is 1.61. The quantitative estimate of drug-likeness (QED) is 0.264. The largest absolute Gasteiger partial charge is 0.496 e. The van der Waals surface area contributed by atoms with Crippen molar-refractivity contribution >= 4 is 34.8 Å². The molecule has 2 aromatic heterocycles. The summed E-state index contributed by atoms with van der Waals surface area (Å²) in [6.45, 7) is 3.93. The van der Waals surface area contributed by atoms with Crippen LogP contribution in [0.3, 0.4) is 0 Å². The number of thioether (sulfide) groups is 1. The van der Waals surface area contributed by atoms with Gasteiger partial charge in [0, 0.05) is 17.5 Å². The standard InChI is InChI=1S/C25H24N4O3S2/c1-16-8-10-18(11-9-16)29-24(20-6-4-5-7-22(20)32-3)27-28-25(29)33-15-21(31)23-13-12-19(34-23)14-26-17(2)30/h4-13H,14-15H2,1-3H3,(H,26,30). The fraction of sp³-hybridized carbons (Fsp3) is 0.200. The average molecular weight is 493 g/mol. The van der Waals surface area contributed by atoms with Crippen LogP contribution >= 0.6 is 23.1 Å². The van der Waals surface area contributed by atoms with Crippen LogP contribution < -0.4 is 10.1 Å². The van der Waals surface area contributed by atoms with Crippen molar-refractivity contribution in [1.82, 2.24) is 20.1 Å². The summed E-state index contributed by atoms with van der Waals surface area (Å²) in [4.78, 5) is 25.6. The van der Waals surface area contributed by atoms with Gasteiger partial charge < -0.3 is 10.1 Å². The third-order valence-corrected chi connectivity index (χ3v) is 7.11. The molecule has 1 amide bonds. The van der Waals surface area contributed by atoms with Crippen LogP contribution in [0.2, 0.25) is 0 Å². The zero-order valence-electron chi connectivity index (χ0n) is 19.1. The lowest BCUT2D eigenvalue weighted by atomic mass is 10.1. The molecule has 4 aromatic rings. The van der Waals surface area contributed by atoms with E-state index in [2.05, 4.69) is 15.5 Å². The minimum atomic E-state index is -0.0990. The van der Waals surface area contributed by atoms with E-state index >= 15 is 0 Å². The summed E-state index contributed by atoms with van der Waals surface area (Å²) < 4.78 is 7.50. The second kappa shape index (κ2) is 10.7. The van der Waals surface area contributed by atoms with Crippen LogP contribution in [0.15, 0.2) is 65.8 Å². The van der Waals surface area contributed by atoms with Gasteiger partial charge in [0.1, 0.15) is 5.75 Å². The van der Waals surface area contributed by atoms with Gasteiger partial charge in [0.25, 0.3) is 0 Å². The van der Waals surface area contributed by atoms with Crippen LogP contribution in [0.1, 0.15) is 27.0 Å². The van der Waals surface area contributed by atoms with E-state index in [9.17, 15) is 9.59 Å². The molecule has 0 saturated carbocycles. The van der Waals surface area contributed by atoms with E-state index in [4.69, 9.17) is 4.74 Å². The minimum Gasteiger partial charge on any atom is -0.496 e. The van der Waals surface area contributed by atoms with Gasteiger partial charge in [-0.05, 0) is 43.3 Å². The highest BCUT2D eigenvalue weighted by atomic mass is 32.2. The molecule has 34 heavy (non-hydrogen) atoms. The van der Waals surface area contributed by atoms with Gasteiger partial charge in [-0.25, -0.2) is 0 Å². The molecule has 0 aliphatic rings. The number of Topliss-reactive ketones (excluding diaryl/α,β-unsaturated/α-hetero) is 1. The average Bonchev–Trinajstić information content (AvgIpc) is 3.49. The van der Waals surface area contributed by atoms with Crippen molar-refractivity contribution < 1.29 is 14.3 Å². The maximum Gasteiger partial charge on any atom is 0.217 e. The highest BCUT2D eigenvalue weighted by molar-refractivity contribution is 7.99. The van der Waals surface area contributed by atoms with Crippen molar-refractivity contribution in [3.05, 3.63) is 76.0 Å². The first kappa shape index (κ1) is 23.7. The molecule has 0 aliphatic heterocycles. The number of thiophene rings is 1. The second-order valence-electron chi connectivity index (χ2n) is 7.56. The number of aryl methyl sites for hydroxylation is 1. The Labute approximate surface area is 206 Å². The number of carbonyl (C=O) groups is 2. The van der Waals surface area contributed by atoms with E-state index < -0.39 is 0 Å². The summed E-state index contributed by atoms with van der Waals surface area (Å²) >= 11 is 2.73. The molecule has 0 bridgehead atoms. The SMILES string of the molecule is COc1ccccc1-c1nnc(SCC(=O)c2ccc(CNC(C)=O)s2)n1-c1ccc(C)cc1. The number of carbonyl (C=O) groups excluding carboxylic acids is 2. The number of ether oxygens (including phenoxy) is 1. The molecule has 0 fully saturated rings. The Hall–Kier alpha value is -3.43. The van der Waals surface area contributed by atoms with Gasteiger partial charge in [0.2, 0.25) is 5.91 Å². The number of hydrogen-bond acceptors (Lipinski definition) is 7. The van der Waals surface area contributed by atoms with E-state index in [0.717, 1.165) is 21.7 Å². The Bertz CT molecular complexity index is 1310. The van der Waals surface area contributed by atoms with Crippen LogP contribution in [-0.4, -0.2) is 39.3 Å². The Kier molecular flexibility index (Phi) is 7.44. The number of rotatable bonds is 9. The van der Waals surface area contributed by atoms with Crippen molar-refractivity contribution in [2.45, 2.75) is 25.5 Å². The molecule has 2 heterocycles. The number of para-hydroxylation sites is 1. The van der Waals surface area contributed by atoms with Crippen LogP contribution in [0.5, 0.6) is 5.75 Å². The molecule has 1 N–H and O–H groups in total. The molecule has 0 radical (unpaired) electrons. The van der Waals surface area contributed by atoms with Gasteiger partial charge in [-0.1, -0.05) is 41.6 Å². The first-order valence-electron chi connectivity index (χ1n) is 10.6. The van der Waals surface area contributed by atoms with Gasteiger partial charge in [-0.3, -0.25) is 14.2 Å². The lowest BCUT2D eigenvalue weighted by Gasteiger charge is -2.12. The van der Waals surface area contributed by atoms with Crippen LogP contribution in [0, 0.1) is 6.92 Å². The number of amides is 1. The van der Waals surface area contributed by atoms with E-state index in [-0.39, 0.29) is 17.4 Å². The van der Waals surface area contributed by atoms with Crippen LogP contribution in [0.25, 0.3) is 17.1 Å². The van der Waals surface area contributed by atoms with E-state index in [1.54, 1.807) is 13.2 Å². The summed E-state index contributed by atoms with van der Waals surface area (Å²) in [5.74, 6) is 1.46. The fourth-order valence-electron chi connectivity index (χ4n) is 3.33. The lowest BCUT2D eigenvalue weighted by molar-refractivity contribution is -0.119. The van der Waals surface area contributed by atoms with Gasteiger partial charge in [-0.15, -0.1) is 21.5 Å². The number of aromatic nitrogens is 3. The third-order valence-electron chi connectivity index (χ3n) is 5.05. The first-order valence-corrected chi connectivity index (χ1v) is 12.4. The van der Waals surface area contributed by atoms with Crippen molar-refractivity contribution in [2.75, 3.05) is 12.9 Å². The maximum absolute atomic E-state index is 12.9. The monoisotopic (exact) mass is 492 g/mol. The Morgan fingerprint density at radius 1 is 1.06 bits per heavy atom. The van der Waals surface area contributed by atoms with E-state index in [1.165, 1.54) is 30.0 Å². The summed E-state index contributed by atoms with van der Waals surface area (Å²) in [5.41, 5.74) is 2.87. The Morgan fingerprint density at radius 3 is 2.56 bits per heavy atom.